The van der Waals surface area contributed by atoms with Crippen LogP contribution in [0.3, 0.4) is 0 Å². The summed E-state index contributed by atoms with van der Waals surface area (Å²) in [4.78, 5) is 0. The van der Waals surface area contributed by atoms with Gasteiger partial charge in [0.2, 0.25) is 0 Å². The van der Waals surface area contributed by atoms with Crippen molar-refractivity contribution in [3.8, 4) is 0 Å². The van der Waals surface area contributed by atoms with Crippen LogP contribution < -0.4 is 11.1 Å². The molecule has 0 aromatic carbocycles. The number of methoxy groups -OCH3 is 1. The summed E-state index contributed by atoms with van der Waals surface area (Å²) in [5.41, 5.74) is 6.18. The third-order valence-corrected chi connectivity index (χ3v) is 4.15. The predicted molar refractivity (Wildman–Crippen MR) is 68.5 cm³/mol. The minimum absolute atomic E-state index is 0.216. The topological polar surface area (TPSA) is 47.3 Å². The number of hydrogen-bond acceptors (Lipinski definition) is 3. The molecule has 0 heterocycles. The van der Waals surface area contributed by atoms with E-state index in [1.165, 1.54) is 38.6 Å². The summed E-state index contributed by atoms with van der Waals surface area (Å²) in [6.07, 6.45) is 8.19. The molecule has 0 spiro atoms. The van der Waals surface area contributed by atoms with Crippen LogP contribution in [0.25, 0.3) is 0 Å². The molecular formula is C13H28N2O. The molecule has 1 atom stereocenters. The van der Waals surface area contributed by atoms with E-state index in [1.54, 1.807) is 7.11 Å². The van der Waals surface area contributed by atoms with Gasteiger partial charge in [0.25, 0.3) is 0 Å². The molecule has 1 aliphatic carbocycles. The third-order valence-electron chi connectivity index (χ3n) is 4.15. The minimum Gasteiger partial charge on any atom is -0.380 e. The molecule has 1 saturated carbocycles. The Bertz CT molecular complexity index is 175. The van der Waals surface area contributed by atoms with E-state index in [4.69, 9.17) is 10.5 Å². The van der Waals surface area contributed by atoms with Gasteiger partial charge in [-0.2, -0.15) is 0 Å². The number of nitrogens with two attached hydrogens (primary N) is 1. The van der Waals surface area contributed by atoms with Crippen LogP contribution in [0, 0.1) is 5.41 Å². The van der Waals surface area contributed by atoms with Crippen molar-refractivity contribution in [1.82, 2.24) is 5.32 Å². The highest BCUT2D eigenvalue weighted by molar-refractivity contribution is 4.85. The van der Waals surface area contributed by atoms with Crippen LogP contribution in [0.4, 0.5) is 0 Å². The third kappa shape index (κ3) is 4.04. The lowest BCUT2D eigenvalue weighted by atomic mass is 9.83. The molecule has 0 saturated heterocycles. The largest absolute Gasteiger partial charge is 0.380 e. The molecule has 0 amide bonds. The first kappa shape index (κ1) is 13.9. The fourth-order valence-electron chi connectivity index (χ4n) is 2.73. The quantitative estimate of drug-likeness (QED) is 0.624. The number of ether oxygens (including phenoxy) is 1. The Morgan fingerprint density at radius 1 is 1.38 bits per heavy atom. The number of rotatable bonds is 8. The lowest BCUT2D eigenvalue weighted by Crippen LogP contribution is -2.34. The second-order valence-electron chi connectivity index (χ2n) is 5.12. The van der Waals surface area contributed by atoms with E-state index < -0.39 is 0 Å². The molecule has 1 aliphatic rings. The van der Waals surface area contributed by atoms with Gasteiger partial charge < -0.3 is 15.8 Å². The molecule has 0 aromatic rings. The van der Waals surface area contributed by atoms with E-state index in [9.17, 15) is 0 Å². The Morgan fingerprint density at radius 2 is 2.06 bits per heavy atom. The van der Waals surface area contributed by atoms with Crippen molar-refractivity contribution in [3.05, 3.63) is 0 Å². The zero-order valence-electron chi connectivity index (χ0n) is 10.9. The van der Waals surface area contributed by atoms with Gasteiger partial charge >= 0.3 is 0 Å². The highest BCUT2D eigenvalue weighted by Gasteiger charge is 2.31. The predicted octanol–water partition coefficient (Wildman–Crippen LogP) is 1.91. The van der Waals surface area contributed by atoms with Crippen molar-refractivity contribution in [1.29, 1.82) is 0 Å². The number of nitrogens with one attached hydrogen (secondary N) is 1. The van der Waals surface area contributed by atoms with Gasteiger partial charge in [-0.25, -0.2) is 0 Å². The lowest BCUT2D eigenvalue weighted by Gasteiger charge is -2.28. The zero-order valence-corrected chi connectivity index (χ0v) is 10.9. The first-order chi connectivity index (χ1) is 7.76. The second kappa shape index (κ2) is 7.25. The molecule has 1 rings (SSSR count). The van der Waals surface area contributed by atoms with Gasteiger partial charge in [0.05, 0.1) is 6.10 Å². The molecule has 3 N–H and O–H groups in total. The molecule has 1 unspecified atom stereocenters. The summed E-state index contributed by atoms with van der Waals surface area (Å²) >= 11 is 0. The Balaban J connectivity index is 2.14. The van der Waals surface area contributed by atoms with E-state index in [0.29, 0.717) is 12.0 Å². The first-order valence-corrected chi connectivity index (χ1v) is 6.70. The molecule has 1 fully saturated rings. The van der Waals surface area contributed by atoms with Gasteiger partial charge in [-0.15, -0.1) is 0 Å². The van der Waals surface area contributed by atoms with Crippen LogP contribution in [0.1, 0.15) is 45.4 Å². The average Bonchev–Trinajstić information content (AvgIpc) is 2.79. The summed E-state index contributed by atoms with van der Waals surface area (Å²) < 4.78 is 5.26. The van der Waals surface area contributed by atoms with Gasteiger partial charge in [-0.3, -0.25) is 0 Å². The molecule has 0 bridgehead atoms. The summed E-state index contributed by atoms with van der Waals surface area (Å²) in [6.45, 7) is 5.14. The molecular weight excluding hydrogens is 200 g/mol. The first-order valence-electron chi connectivity index (χ1n) is 6.70. The van der Waals surface area contributed by atoms with E-state index in [-0.39, 0.29) is 6.10 Å². The molecule has 0 aliphatic heterocycles. The van der Waals surface area contributed by atoms with Crippen molar-refractivity contribution >= 4 is 0 Å². The van der Waals surface area contributed by atoms with Crippen molar-refractivity contribution in [2.45, 2.75) is 51.6 Å². The second-order valence-corrected chi connectivity index (χ2v) is 5.12. The van der Waals surface area contributed by atoms with Crippen molar-refractivity contribution < 1.29 is 4.74 Å². The summed E-state index contributed by atoms with van der Waals surface area (Å²) in [6, 6.07) is 0. The smallest absolute Gasteiger partial charge is 0.0705 e. The van der Waals surface area contributed by atoms with Crippen LogP contribution in [-0.4, -0.2) is 32.8 Å². The van der Waals surface area contributed by atoms with Crippen LogP contribution in [0.2, 0.25) is 0 Å². The Morgan fingerprint density at radius 3 is 2.56 bits per heavy atom. The van der Waals surface area contributed by atoms with Crippen molar-refractivity contribution in [3.63, 3.8) is 0 Å². The SMILES string of the molecule is CCC1(CNCCC(CN)OC)CCCC1. The Hall–Kier alpha value is -0.120. The summed E-state index contributed by atoms with van der Waals surface area (Å²) in [5, 5.41) is 3.58. The summed E-state index contributed by atoms with van der Waals surface area (Å²) in [5.74, 6) is 0. The lowest BCUT2D eigenvalue weighted by molar-refractivity contribution is 0.101. The maximum atomic E-state index is 5.59. The maximum Gasteiger partial charge on any atom is 0.0705 e. The molecule has 96 valence electrons. The zero-order chi connectivity index (χ0) is 11.9. The van der Waals surface area contributed by atoms with Crippen LogP contribution in [0.15, 0.2) is 0 Å². The van der Waals surface area contributed by atoms with Crippen LogP contribution >= 0.6 is 0 Å². The Kier molecular flexibility index (Phi) is 6.32. The maximum absolute atomic E-state index is 5.59. The minimum atomic E-state index is 0.216. The highest BCUT2D eigenvalue weighted by atomic mass is 16.5. The highest BCUT2D eigenvalue weighted by Crippen LogP contribution is 2.40. The Labute approximate surface area is 100 Å². The fraction of sp³-hybridized carbons (Fsp3) is 1.00. The van der Waals surface area contributed by atoms with E-state index in [1.807, 2.05) is 0 Å². The normalized spacial score (nSPS) is 21.2. The molecule has 3 heteroatoms. The average molecular weight is 228 g/mol. The fourth-order valence-corrected chi connectivity index (χ4v) is 2.73. The molecule has 3 nitrogen and oxygen atoms in total. The van der Waals surface area contributed by atoms with Gasteiger partial charge in [0, 0.05) is 20.2 Å². The van der Waals surface area contributed by atoms with Crippen molar-refractivity contribution in [2.24, 2.45) is 11.1 Å². The molecule has 16 heavy (non-hydrogen) atoms. The standard InChI is InChI=1S/C13H28N2O/c1-3-13(7-4-5-8-13)11-15-9-6-12(10-14)16-2/h12,15H,3-11,14H2,1-2H3. The van der Waals surface area contributed by atoms with Gasteiger partial charge in [0.15, 0.2) is 0 Å². The monoisotopic (exact) mass is 228 g/mol. The number of hydrogen-bond donors (Lipinski definition) is 2. The van der Waals surface area contributed by atoms with Crippen molar-refractivity contribution in [2.75, 3.05) is 26.7 Å². The van der Waals surface area contributed by atoms with Crippen LogP contribution in [-0.2, 0) is 4.74 Å². The van der Waals surface area contributed by atoms with E-state index in [2.05, 4.69) is 12.2 Å². The molecule has 0 radical (unpaired) electrons. The summed E-state index contributed by atoms with van der Waals surface area (Å²) in [7, 11) is 1.74. The van der Waals surface area contributed by atoms with Crippen LogP contribution in [0.5, 0.6) is 0 Å². The van der Waals surface area contributed by atoms with Gasteiger partial charge in [-0.1, -0.05) is 19.8 Å². The molecule has 0 aromatic heterocycles. The van der Waals surface area contributed by atoms with E-state index in [0.717, 1.165) is 13.0 Å². The van der Waals surface area contributed by atoms with Gasteiger partial charge in [-0.05, 0) is 37.6 Å². The van der Waals surface area contributed by atoms with Gasteiger partial charge in [0.1, 0.15) is 0 Å². The van der Waals surface area contributed by atoms with E-state index >= 15 is 0 Å².